The van der Waals surface area contributed by atoms with E-state index in [0.29, 0.717) is 32.7 Å². The summed E-state index contributed by atoms with van der Waals surface area (Å²) in [4.78, 5) is 30.5. The maximum absolute atomic E-state index is 13.3. The number of rotatable bonds is 8. The Bertz CT molecular complexity index is 904. The third-order valence-electron chi connectivity index (χ3n) is 5.78. The van der Waals surface area contributed by atoms with E-state index in [1.165, 1.54) is 0 Å². The first-order valence-corrected chi connectivity index (χ1v) is 10.6. The van der Waals surface area contributed by atoms with E-state index in [9.17, 15) is 9.59 Å². The van der Waals surface area contributed by atoms with Gasteiger partial charge in [-0.2, -0.15) is 0 Å². The number of hydrogen-bond acceptors (Lipinski definition) is 5. The normalized spacial score (nSPS) is 20.1. The van der Waals surface area contributed by atoms with Crippen molar-refractivity contribution in [1.29, 1.82) is 0 Å². The minimum atomic E-state index is -1.02. The Labute approximate surface area is 175 Å². The molecule has 162 valence electrons. The van der Waals surface area contributed by atoms with E-state index >= 15 is 0 Å². The number of carboxylic acid groups (broad SMARTS) is 1. The van der Waals surface area contributed by atoms with Crippen LogP contribution in [0.2, 0.25) is 0 Å². The number of ether oxygens (including phenoxy) is 1. The standard InChI is InChI=1S/C21H29N5O4/c1-14(26(15-5-6-15)20(27)18-12-22-9-11-30-18)17-13-25(10-3-8-24-21(28)29)19-16(17)4-2-7-23-19/h2,4,7,13-15,18,22,24H,3,5-6,8-12H2,1H3,(H,28,29)/t14-,18-/m1/s1. The van der Waals surface area contributed by atoms with Crippen LogP contribution in [0.3, 0.4) is 0 Å². The molecule has 1 aliphatic heterocycles. The van der Waals surface area contributed by atoms with Crippen molar-refractivity contribution in [2.75, 3.05) is 26.2 Å². The second-order valence-electron chi connectivity index (χ2n) is 7.95. The van der Waals surface area contributed by atoms with Crippen LogP contribution in [-0.4, -0.2) is 69.9 Å². The van der Waals surface area contributed by atoms with Gasteiger partial charge in [-0.05, 0) is 38.3 Å². The van der Waals surface area contributed by atoms with Gasteiger partial charge in [0.25, 0.3) is 5.91 Å². The number of amides is 2. The fraction of sp³-hybridized carbons (Fsp3) is 0.571. The van der Waals surface area contributed by atoms with Crippen molar-refractivity contribution >= 4 is 23.0 Å². The van der Waals surface area contributed by atoms with E-state index in [0.717, 1.165) is 36.0 Å². The Hall–Kier alpha value is -2.65. The zero-order valence-corrected chi connectivity index (χ0v) is 17.2. The molecule has 3 N–H and O–H groups in total. The number of nitrogens with zero attached hydrogens (tertiary/aromatic N) is 3. The van der Waals surface area contributed by atoms with E-state index in [-0.39, 0.29) is 18.0 Å². The minimum Gasteiger partial charge on any atom is -0.465 e. The van der Waals surface area contributed by atoms with Gasteiger partial charge in [0, 0.05) is 55.6 Å². The lowest BCUT2D eigenvalue weighted by Crippen LogP contribution is -2.50. The molecule has 3 heterocycles. The maximum Gasteiger partial charge on any atom is 0.404 e. The van der Waals surface area contributed by atoms with Gasteiger partial charge in [-0.25, -0.2) is 9.78 Å². The van der Waals surface area contributed by atoms with E-state index in [2.05, 4.69) is 33.3 Å². The molecule has 0 spiro atoms. The van der Waals surface area contributed by atoms with Gasteiger partial charge in [-0.15, -0.1) is 0 Å². The van der Waals surface area contributed by atoms with Crippen molar-refractivity contribution in [3.8, 4) is 0 Å². The quantitative estimate of drug-likeness (QED) is 0.567. The summed E-state index contributed by atoms with van der Waals surface area (Å²) in [5.74, 6) is 0.0487. The summed E-state index contributed by atoms with van der Waals surface area (Å²) in [5.41, 5.74) is 1.92. The summed E-state index contributed by atoms with van der Waals surface area (Å²) in [6, 6.07) is 4.11. The fourth-order valence-electron chi connectivity index (χ4n) is 4.18. The highest BCUT2D eigenvalue weighted by atomic mass is 16.5. The predicted molar refractivity (Wildman–Crippen MR) is 111 cm³/mol. The lowest BCUT2D eigenvalue weighted by Gasteiger charge is -2.34. The van der Waals surface area contributed by atoms with Crippen molar-refractivity contribution in [1.82, 2.24) is 25.1 Å². The molecule has 30 heavy (non-hydrogen) atoms. The van der Waals surface area contributed by atoms with Crippen LogP contribution >= 0.6 is 0 Å². The van der Waals surface area contributed by atoms with Crippen LogP contribution < -0.4 is 10.6 Å². The molecule has 0 radical (unpaired) electrons. The number of carbonyl (C=O) groups excluding carboxylic acids is 1. The molecule has 2 amide bonds. The SMILES string of the molecule is C[C@H](c1cn(CCCNC(=O)O)c2ncccc12)N(C(=O)[C@H]1CNCCO1)C1CC1. The fourth-order valence-corrected chi connectivity index (χ4v) is 4.18. The molecule has 2 aliphatic rings. The maximum atomic E-state index is 13.3. The first-order chi connectivity index (χ1) is 14.6. The second kappa shape index (κ2) is 9.01. The lowest BCUT2D eigenvalue weighted by atomic mass is 10.1. The summed E-state index contributed by atoms with van der Waals surface area (Å²) in [5, 5.41) is 15.4. The number of morpholine rings is 1. The van der Waals surface area contributed by atoms with E-state index in [1.54, 1.807) is 6.20 Å². The van der Waals surface area contributed by atoms with Gasteiger partial charge in [0.2, 0.25) is 0 Å². The molecule has 0 unspecified atom stereocenters. The van der Waals surface area contributed by atoms with Crippen LogP contribution in [0.5, 0.6) is 0 Å². The molecule has 0 bridgehead atoms. The molecular formula is C21H29N5O4. The van der Waals surface area contributed by atoms with E-state index < -0.39 is 12.2 Å². The number of nitrogens with one attached hydrogen (secondary N) is 2. The van der Waals surface area contributed by atoms with Crippen molar-refractivity contribution in [2.45, 2.75) is 50.9 Å². The Balaban J connectivity index is 1.57. The molecule has 9 nitrogen and oxygen atoms in total. The highest BCUT2D eigenvalue weighted by molar-refractivity contribution is 5.85. The van der Waals surface area contributed by atoms with Crippen LogP contribution in [0.25, 0.3) is 11.0 Å². The molecule has 1 saturated carbocycles. The highest BCUT2D eigenvalue weighted by Gasteiger charge is 2.40. The molecule has 2 aromatic heterocycles. The number of pyridine rings is 1. The Morgan fingerprint density at radius 2 is 2.30 bits per heavy atom. The van der Waals surface area contributed by atoms with Crippen LogP contribution in [0, 0.1) is 0 Å². The highest BCUT2D eigenvalue weighted by Crippen LogP contribution is 2.37. The topological polar surface area (TPSA) is 109 Å². The largest absolute Gasteiger partial charge is 0.465 e. The number of aromatic nitrogens is 2. The third kappa shape index (κ3) is 4.41. The first kappa shape index (κ1) is 20.6. The molecule has 2 fully saturated rings. The smallest absolute Gasteiger partial charge is 0.404 e. The average molecular weight is 415 g/mol. The van der Waals surface area contributed by atoms with Crippen LogP contribution in [0.4, 0.5) is 4.79 Å². The van der Waals surface area contributed by atoms with Crippen molar-refractivity contribution in [3.05, 3.63) is 30.1 Å². The molecule has 0 aromatic carbocycles. The lowest BCUT2D eigenvalue weighted by molar-refractivity contribution is -0.148. The molecule has 1 saturated heterocycles. The molecule has 9 heteroatoms. The van der Waals surface area contributed by atoms with E-state index in [1.807, 2.05) is 17.0 Å². The molecule has 2 atom stereocenters. The van der Waals surface area contributed by atoms with Gasteiger partial charge in [-0.3, -0.25) is 4.79 Å². The minimum absolute atomic E-state index is 0.0487. The van der Waals surface area contributed by atoms with Gasteiger partial charge < -0.3 is 29.9 Å². The summed E-state index contributed by atoms with van der Waals surface area (Å²) in [6.45, 7) is 4.98. The van der Waals surface area contributed by atoms with E-state index in [4.69, 9.17) is 9.84 Å². The predicted octanol–water partition coefficient (Wildman–Crippen LogP) is 1.73. The number of fused-ring (bicyclic) bond motifs is 1. The van der Waals surface area contributed by atoms with Crippen molar-refractivity contribution in [3.63, 3.8) is 0 Å². The second-order valence-corrected chi connectivity index (χ2v) is 7.95. The zero-order valence-electron chi connectivity index (χ0n) is 17.2. The molecular weight excluding hydrogens is 386 g/mol. The monoisotopic (exact) mass is 415 g/mol. The number of carbonyl (C=O) groups is 2. The Morgan fingerprint density at radius 3 is 3.00 bits per heavy atom. The van der Waals surface area contributed by atoms with Gasteiger partial charge >= 0.3 is 6.09 Å². The van der Waals surface area contributed by atoms with Gasteiger partial charge in [-0.1, -0.05) is 0 Å². The Kier molecular flexibility index (Phi) is 6.19. The summed E-state index contributed by atoms with van der Waals surface area (Å²) in [6.07, 6.45) is 5.07. The molecule has 1 aliphatic carbocycles. The van der Waals surface area contributed by atoms with Crippen LogP contribution in [-0.2, 0) is 16.1 Å². The zero-order chi connectivity index (χ0) is 21.1. The van der Waals surface area contributed by atoms with Gasteiger partial charge in [0.1, 0.15) is 11.8 Å². The number of aryl methyl sites for hydroxylation is 1. The summed E-state index contributed by atoms with van der Waals surface area (Å²) < 4.78 is 7.79. The van der Waals surface area contributed by atoms with Crippen molar-refractivity contribution in [2.24, 2.45) is 0 Å². The number of hydrogen-bond donors (Lipinski definition) is 3. The summed E-state index contributed by atoms with van der Waals surface area (Å²) in [7, 11) is 0. The van der Waals surface area contributed by atoms with Crippen molar-refractivity contribution < 1.29 is 19.4 Å². The van der Waals surface area contributed by atoms with Crippen LogP contribution in [0.15, 0.2) is 24.5 Å². The Morgan fingerprint density at radius 1 is 1.47 bits per heavy atom. The van der Waals surface area contributed by atoms with Crippen LogP contribution in [0.1, 0.15) is 37.8 Å². The molecule has 4 rings (SSSR count). The third-order valence-corrected chi connectivity index (χ3v) is 5.78. The van der Waals surface area contributed by atoms with Gasteiger partial charge in [0.05, 0.1) is 12.6 Å². The summed E-state index contributed by atoms with van der Waals surface area (Å²) >= 11 is 0. The first-order valence-electron chi connectivity index (χ1n) is 10.6. The average Bonchev–Trinajstić information content (AvgIpc) is 3.52. The van der Waals surface area contributed by atoms with Gasteiger partial charge in [0.15, 0.2) is 0 Å². The molecule has 2 aromatic rings.